The van der Waals surface area contributed by atoms with Gasteiger partial charge in [-0.15, -0.1) is 0 Å². The lowest BCUT2D eigenvalue weighted by molar-refractivity contribution is -0.122. The molecule has 1 saturated heterocycles. The number of aryl methyl sites for hydroxylation is 1. The average molecular weight is 480 g/mol. The molecule has 1 N–H and O–H groups in total. The summed E-state index contributed by atoms with van der Waals surface area (Å²) < 4.78 is 3.08. The Morgan fingerprint density at radius 1 is 0.967 bits per heavy atom. The molecule has 30 heavy (non-hydrogen) atoms. The summed E-state index contributed by atoms with van der Waals surface area (Å²) in [5.41, 5.74) is 4.39. The first-order chi connectivity index (χ1) is 14.4. The van der Waals surface area contributed by atoms with Gasteiger partial charge in [-0.3, -0.25) is 19.8 Å². The molecule has 2 amide bonds. The highest BCUT2D eigenvalue weighted by Gasteiger charge is 2.34. The summed E-state index contributed by atoms with van der Waals surface area (Å²) in [6, 6.07) is 19.0. The molecule has 4 rings (SSSR count). The maximum atomic E-state index is 13.2. The third kappa shape index (κ3) is 3.62. The summed E-state index contributed by atoms with van der Waals surface area (Å²) in [5.74, 6) is -0.936. The Bertz CT molecular complexity index is 1200. The minimum atomic E-state index is -0.495. The number of hydrogen-bond acceptors (Lipinski definition) is 3. The standard InChI is InChI=1S/C23H18BrN3O2S/c1-14-12-16(15(2)26(14)19-10-8-17(24)9-11-19)13-20-21(28)25-23(30)27(22(20)29)18-6-4-3-5-7-18/h3-13H,1-2H3,(H,25,28,30). The topological polar surface area (TPSA) is 54.3 Å². The van der Waals surface area contributed by atoms with Crippen LogP contribution in [0.2, 0.25) is 0 Å². The molecule has 0 spiro atoms. The average Bonchev–Trinajstić information content (AvgIpc) is 3.00. The largest absolute Gasteiger partial charge is 0.318 e. The number of para-hydroxylation sites is 1. The van der Waals surface area contributed by atoms with Crippen molar-refractivity contribution in [3.8, 4) is 5.69 Å². The van der Waals surface area contributed by atoms with Crippen molar-refractivity contribution in [3.63, 3.8) is 0 Å². The maximum Gasteiger partial charge on any atom is 0.270 e. The molecule has 0 radical (unpaired) electrons. The Hall–Kier alpha value is -3.03. The summed E-state index contributed by atoms with van der Waals surface area (Å²) in [4.78, 5) is 27.1. The molecular formula is C23H18BrN3O2S. The summed E-state index contributed by atoms with van der Waals surface area (Å²) in [5, 5.41) is 2.70. The zero-order valence-electron chi connectivity index (χ0n) is 16.3. The van der Waals surface area contributed by atoms with E-state index in [9.17, 15) is 9.59 Å². The van der Waals surface area contributed by atoms with Crippen LogP contribution in [0.1, 0.15) is 17.0 Å². The number of thiocarbonyl (C=S) groups is 1. The SMILES string of the molecule is Cc1cc(C=C2C(=O)NC(=S)N(c3ccccc3)C2=O)c(C)n1-c1ccc(Br)cc1. The fraction of sp³-hybridized carbons (Fsp3) is 0.0870. The summed E-state index contributed by atoms with van der Waals surface area (Å²) in [6.07, 6.45) is 1.63. The highest BCUT2D eigenvalue weighted by atomic mass is 79.9. The lowest BCUT2D eigenvalue weighted by Gasteiger charge is -2.28. The molecule has 1 aromatic heterocycles. The number of carbonyl (C=O) groups excluding carboxylic acids is 2. The van der Waals surface area contributed by atoms with Crippen LogP contribution in [0.5, 0.6) is 0 Å². The second-order valence-corrected chi connectivity index (χ2v) is 8.23. The molecule has 2 aromatic carbocycles. The van der Waals surface area contributed by atoms with Crippen LogP contribution in [-0.4, -0.2) is 21.5 Å². The number of halogens is 1. The molecular weight excluding hydrogens is 462 g/mol. The van der Waals surface area contributed by atoms with Gasteiger partial charge in [-0.25, -0.2) is 0 Å². The Morgan fingerprint density at radius 2 is 1.63 bits per heavy atom. The zero-order chi connectivity index (χ0) is 21.4. The van der Waals surface area contributed by atoms with Crippen LogP contribution in [0.4, 0.5) is 5.69 Å². The van der Waals surface area contributed by atoms with Crippen molar-refractivity contribution >= 4 is 56.8 Å². The Morgan fingerprint density at radius 3 is 2.30 bits per heavy atom. The van der Waals surface area contributed by atoms with Gasteiger partial charge in [0, 0.05) is 21.5 Å². The number of nitrogens with zero attached hydrogens (tertiary/aromatic N) is 2. The van der Waals surface area contributed by atoms with Crippen molar-refractivity contribution in [2.75, 3.05) is 4.90 Å². The van der Waals surface area contributed by atoms with Gasteiger partial charge in [0.25, 0.3) is 11.8 Å². The number of aromatic nitrogens is 1. The Balaban J connectivity index is 1.76. The van der Waals surface area contributed by atoms with Gasteiger partial charge in [0.1, 0.15) is 5.57 Å². The molecule has 1 aliphatic rings. The van der Waals surface area contributed by atoms with E-state index in [1.807, 2.05) is 62.4 Å². The van der Waals surface area contributed by atoms with E-state index in [4.69, 9.17) is 12.2 Å². The van der Waals surface area contributed by atoms with Gasteiger partial charge in [0.15, 0.2) is 5.11 Å². The first kappa shape index (κ1) is 20.3. The monoisotopic (exact) mass is 479 g/mol. The molecule has 7 heteroatoms. The third-order valence-corrected chi connectivity index (χ3v) is 5.78. The first-order valence-electron chi connectivity index (χ1n) is 9.28. The van der Waals surface area contributed by atoms with Crippen LogP contribution in [0.3, 0.4) is 0 Å². The predicted molar refractivity (Wildman–Crippen MR) is 126 cm³/mol. The van der Waals surface area contributed by atoms with Crippen molar-refractivity contribution < 1.29 is 9.59 Å². The van der Waals surface area contributed by atoms with E-state index in [2.05, 4.69) is 25.8 Å². The number of nitrogens with one attached hydrogen (secondary N) is 1. The molecule has 0 saturated carbocycles. The van der Waals surface area contributed by atoms with Crippen molar-refractivity contribution in [2.24, 2.45) is 0 Å². The fourth-order valence-electron chi connectivity index (χ4n) is 3.55. The number of hydrogen-bond donors (Lipinski definition) is 1. The normalized spacial score (nSPS) is 15.6. The van der Waals surface area contributed by atoms with E-state index in [0.717, 1.165) is 27.1 Å². The second-order valence-electron chi connectivity index (χ2n) is 6.93. The molecule has 3 aromatic rings. The van der Waals surface area contributed by atoms with E-state index in [0.29, 0.717) is 5.69 Å². The molecule has 1 aliphatic heterocycles. The minimum Gasteiger partial charge on any atom is -0.318 e. The van der Waals surface area contributed by atoms with Crippen LogP contribution in [0.25, 0.3) is 11.8 Å². The third-order valence-electron chi connectivity index (χ3n) is 4.97. The fourth-order valence-corrected chi connectivity index (χ4v) is 4.09. The number of carbonyl (C=O) groups is 2. The molecule has 150 valence electrons. The van der Waals surface area contributed by atoms with E-state index in [1.165, 1.54) is 4.90 Å². The van der Waals surface area contributed by atoms with Crippen molar-refractivity contribution in [1.82, 2.24) is 9.88 Å². The van der Waals surface area contributed by atoms with Crippen molar-refractivity contribution in [3.05, 3.63) is 87.7 Å². The molecule has 0 atom stereocenters. The molecule has 0 bridgehead atoms. The maximum absolute atomic E-state index is 13.2. The number of benzene rings is 2. The minimum absolute atomic E-state index is 0.0449. The summed E-state index contributed by atoms with van der Waals surface area (Å²) in [6.45, 7) is 3.96. The quantitative estimate of drug-likeness (QED) is 0.336. The lowest BCUT2D eigenvalue weighted by Crippen LogP contribution is -2.54. The van der Waals surface area contributed by atoms with E-state index in [1.54, 1.807) is 18.2 Å². The van der Waals surface area contributed by atoms with Gasteiger partial charge in [-0.05, 0) is 80.2 Å². The highest BCUT2D eigenvalue weighted by molar-refractivity contribution is 9.10. The van der Waals surface area contributed by atoms with Gasteiger partial charge >= 0.3 is 0 Å². The molecule has 0 unspecified atom stereocenters. The van der Waals surface area contributed by atoms with Gasteiger partial charge in [0.05, 0.1) is 5.69 Å². The summed E-state index contributed by atoms with van der Waals surface area (Å²) >= 11 is 8.70. The Labute approximate surface area is 188 Å². The smallest absolute Gasteiger partial charge is 0.270 e. The highest BCUT2D eigenvalue weighted by Crippen LogP contribution is 2.26. The van der Waals surface area contributed by atoms with Crippen LogP contribution in [0, 0.1) is 13.8 Å². The van der Waals surface area contributed by atoms with Crippen LogP contribution >= 0.6 is 28.1 Å². The van der Waals surface area contributed by atoms with Crippen molar-refractivity contribution in [2.45, 2.75) is 13.8 Å². The molecule has 0 aliphatic carbocycles. The Kier molecular flexibility index (Phi) is 5.40. The van der Waals surface area contributed by atoms with Gasteiger partial charge in [0.2, 0.25) is 0 Å². The van der Waals surface area contributed by atoms with E-state index < -0.39 is 11.8 Å². The van der Waals surface area contributed by atoms with Gasteiger partial charge < -0.3 is 4.57 Å². The predicted octanol–water partition coefficient (Wildman–Crippen LogP) is 4.69. The van der Waals surface area contributed by atoms with Gasteiger partial charge in [-0.1, -0.05) is 34.1 Å². The first-order valence-corrected chi connectivity index (χ1v) is 10.5. The van der Waals surface area contributed by atoms with Crippen LogP contribution < -0.4 is 10.2 Å². The van der Waals surface area contributed by atoms with E-state index >= 15 is 0 Å². The second kappa shape index (κ2) is 8.01. The van der Waals surface area contributed by atoms with Gasteiger partial charge in [-0.2, -0.15) is 0 Å². The lowest BCUT2D eigenvalue weighted by atomic mass is 10.1. The molecule has 2 heterocycles. The van der Waals surface area contributed by atoms with Crippen molar-refractivity contribution in [1.29, 1.82) is 0 Å². The zero-order valence-corrected chi connectivity index (χ0v) is 18.8. The van der Waals surface area contributed by atoms with Crippen LogP contribution in [-0.2, 0) is 9.59 Å². The number of anilines is 1. The molecule has 5 nitrogen and oxygen atoms in total. The molecule has 1 fully saturated rings. The van der Waals surface area contributed by atoms with Crippen LogP contribution in [0.15, 0.2) is 70.7 Å². The number of amides is 2. The number of rotatable bonds is 3. The van der Waals surface area contributed by atoms with E-state index in [-0.39, 0.29) is 10.7 Å². The summed E-state index contributed by atoms with van der Waals surface area (Å²) in [7, 11) is 0.